The van der Waals surface area contributed by atoms with Crippen LogP contribution in [0, 0.1) is 6.92 Å². The Labute approximate surface area is 98.0 Å². The first-order valence-electron chi connectivity index (χ1n) is 5.76. The van der Waals surface area contributed by atoms with E-state index >= 15 is 0 Å². The molecular formula is C13H21N3. The van der Waals surface area contributed by atoms with Crippen molar-refractivity contribution in [3.8, 4) is 0 Å². The second-order valence-electron chi connectivity index (χ2n) is 3.87. The largest absolute Gasteiger partial charge is 0.370 e. The number of nitrogens with two attached hydrogens (primary N) is 1. The fourth-order valence-electron chi connectivity index (χ4n) is 1.66. The topological polar surface area (TPSA) is 41.6 Å². The number of aliphatic imine (C=N–C) groups is 1. The maximum Gasteiger partial charge on any atom is 0.195 e. The highest BCUT2D eigenvalue weighted by Gasteiger charge is 2.11. The summed E-state index contributed by atoms with van der Waals surface area (Å²) in [7, 11) is 1.73. The van der Waals surface area contributed by atoms with E-state index in [4.69, 9.17) is 5.73 Å². The van der Waals surface area contributed by atoms with Crippen LogP contribution in [0.4, 0.5) is 5.69 Å². The van der Waals surface area contributed by atoms with E-state index in [1.165, 1.54) is 5.56 Å². The third-order valence-corrected chi connectivity index (χ3v) is 2.65. The highest BCUT2D eigenvalue weighted by Crippen LogP contribution is 2.19. The predicted molar refractivity (Wildman–Crippen MR) is 71.0 cm³/mol. The van der Waals surface area contributed by atoms with Gasteiger partial charge in [0.25, 0.3) is 0 Å². The zero-order chi connectivity index (χ0) is 12.0. The van der Waals surface area contributed by atoms with Gasteiger partial charge in [-0.15, -0.1) is 0 Å². The summed E-state index contributed by atoms with van der Waals surface area (Å²) in [4.78, 5) is 6.16. The van der Waals surface area contributed by atoms with Crippen LogP contribution in [-0.4, -0.2) is 19.6 Å². The first-order chi connectivity index (χ1) is 7.70. The van der Waals surface area contributed by atoms with E-state index in [2.05, 4.69) is 35.9 Å². The minimum absolute atomic E-state index is 0.586. The molecule has 0 bridgehead atoms. The lowest BCUT2D eigenvalue weighted by Gasteiger charge is -2.25. The summed E-state index contributed by atoms with van der Waals surface area (Å²) in [5, 5.41) is 0. The van der Waals surface area contributed by atoms with E-state index in [0.29, 0.717) is 5.96 Å². The maximum atomic E-state index is 5.93. The fraction of sp³-hybridized carbons (Fsp3) is 0.462. The summed E-state index contributed by atoms with van der Waals surface area (Å²) in [6, 6.07) is 8.25. The van der Waals surface area contributed by atoms with E-state index in [1.807, 2.05) is 12.1 Å². The molecule has 0 atom stereocenters. The van der Waals surface area contributed by atoms with E-state index in [9.17, 15) is 0 Å². The quantitative estimate of drug-likeness (QED) is 0.624. The third-order valence-electron chi connectivity index (χ3n) is 2.65. The van der Waals surface area contributed by atoms with Crippen LogP contribution < -0.4 is 10.6 Å². The van der Waals surface area contributed by atoms with Gasteiger partial charge < -0.3 is 10.6 Å². The number of anilines is 1. The van der Waals surface area contributed by atoms with Gasteiger partial charge in [-0.3, -0.25) is 4.99 Å². The summed E-state index contributed by atoms with van der Waals surface area (Å²) in [6.45, 7) is 5.19. The lowest BCUT2D eigenvalue weighted by atomic mass is 10.1. The number of guanidine groups is 1. The van der Waals surface area contributed by atoms with Gasteiger partial charge in [0.1, 0.15) is 0 Å². The second-order valence-corrected chi connectivity index (χ2v) is 3.87. The minimum Gasteiger partial charge on any atom is -0.370 e. The molecule has 0 aliphatic heterocycles. The Kier molecular flexibility index (Phi) is 4.83. The summed E-state index contributed by atoms with van der Waals surface area (Å²) < 4.78 is 0. The second kappa shape index (κ2) is 6.16. The monoisotopic (exact) mass is 219 g/mol. The van der Waals surface area contributed by atoms with Crippen LogP contribution in [-0.2, 0) is 0 Å². The molecule has 0 saturated carbocycles. The number of benzene rings is 1. The van der Waals surface area contributed by atoms with Crippen LogP contribution in [0.3, 0.4) is 0 Å². The summed E-state index contributed by atoms with van der Waals surface area (Å²) in [5.74, 6) is 0.586. The van der Waals surface area contributed by atoms with Gasteiger partial charge in [0.15, 0.2) is 5.96 Å². The van der Waals surface area contributed by atoms with E-state index < -0.39 is 0 Å². The van der Waals surface area contributed by atoms with Crippen molar-refractivity contribution in [2.75, 3.05) is 18.5 Å². The number of rotatable bonds is 4. The average Bonchev–Trinajstić information content (AvgIpc) is 2.31. The van der Waals surface area contributed by atoms with E-state index in [-0.39, 0.29) is 0 Å². The minimum atomic E-state index is 0.586. The molecule has 0 radical (unpaired) electrons. The average molecular weight is 219 g/mol. The summed E-state index contributed by atoms with van der Waals surface area (Å²) >= 11 is 0. The van der Waals surface area contributed by atoms with Crippen LogP contribution in [0.1, 0.15) is 25.3 Å². The maximum absolute atomic E-state index is 5.93. The smallest absolute Gasteiger partial charge is 0.195 e. The van der Waals surface area contributed by atoms with E-state index in [0.717, 1.165) is 25.1 Å². The van der Waals surface area contributed by atoms with Crippen LogP contribution in [0.5, 0.6) is 0 Å². The molecule has 0 aromatic heterocycles. The Balaban J connectivity index is 2.97. The number of nitrogens with zero attached hydrogens (tertiary/aromatic N) is 2. The Hall–Kier alpha value is -1.51. The van der Waals surface area contributed by atoms with Crippen molar-refractivity contribution in [2.45, 2.75) is 26.7 Å². The highest BCUT2D eigenvalue weighted by molar-refractivity contribution is 5.95. The van der Waals surface area contributed by atoms with Gasteiger partial charge in [0.2, 0.25) is 0 Å². The van der Waals surface area contributed by atoms with Crippen molar-refractivity contribution in [1.29, 1.82) is 0 Å². The molecule has 3 heteroatoms. The van der Waals surface area contributed by atoms with Crippen LogP contribution >= 0.6 is 0 Å². The highest BCUT2D eigenvalue weighted by atomic mass is 15.2. The van der Waals surface area contributed by atoms with Crippen molar-refractivity contribution in [2.24, 2.45) is 10.7 Å². The van der Waals surface area contributed by atoms with Gasteiger partial charge in [0.05, 0.1) is 0 Å². The number of hydrogen-bond acceptors (Lipinski definition) is 1. The van der Waals surface area contributed by atoms with Crippen molar-refractivity contribution >= 4 is 11.6 Å². The number of hydrogen-bond donors (Lipinski definition) is 1. The number of para-hydroxylation sites is 1. The van der Waals surface area contributed by atoms with Crippen LogP contribution in [0.25, 0.3) is 0 Å². The zero-order valence-corrected chi connectivity index (χ0v) is 10.4. The molecule has 0 spiro atoms. The standard InChI is InChI=1S/C13H21N3/c1-4-5-10-16(13(14)15-3)12-9-7-6-8-11(12)2/h6-9H,4-5,10H2,1-3H3,(H2,14,15). The van der Waals surface area contributed by atoms with Crippen molar-refractivity contribution in [3.05, 3.63) is 29.8 Å². The van der Waals surface area contributed by atoms with Gasteiger partial charge in [-0.2, -0.15) is 0 Å². The summed E-state index contributed by atoms with van der Waals surface area (Å²) in [5.41, 5.74) is 8.31. The predicted octanol–water partition coefficient (Wildman–Crippen LogP) is 2.55. The van der Waals surface area contributed by atoms with Gasteiger partial charge in [-0.25, -0.2) is 0 Å². The van der Waals surface area contributed by atoms with Gasteiger partial charge in [0, 0.05) is 19.3 Å². The van der Waals surface area contributed by atoms with Crippen LogP contribution in [0.15, 0.2) is 29.3 Å². The van der Waals surface area contributed by atoms with E-state index in [1.54, 1.807) is 7.05 Å². The molecule has 1 rings (SSSR count). The van der Waals surface area contributed by atoms with Gasteiger partial charge in [-0.1, -0.05) is 31.5 Å². The Morgan fingerprint density at radius 3 is 2.62 bits per heavy atom. The third kappa shape index (κ3) is 2.99. The molecule has 0 aliphatic rings. The van der Waals surface area contributed by atoms with Gasteiger partial charge in [-0.05, 0) is 25.0 Å². The fourth-order valence-corrected chi connectivity index (χ4v) is 1.66. The molecule has 0 aliphatic carbocycles. The Bertz CT molecular complexity index is 358. The number of unbranched alkanes of at least 4 members (excludes halogenated alkanes) is 1. The molecule has 0 amide bonds. The summed E-state index contributed by atoms with van der Waals surface area (Å²) in [6.07, 6.45) is 2.27. The number of aryl methyl sites for hydroxylation is 1. The molecule has 0 saturated heterocycles. The normalized spacial score (nSPS) is 11.6. The lowest BCUT2D eigenvalue weighted by molar-refractivity contribution is 0.791. The molecule has 88 valence electrons. The first-order valence-corrected chi connectivity index (χ1v) is 5.76. The molecule has 0 fully saturated rings. The molecule has 16 heavy (non-hydrogen) atoms. The molecule has 3 nitrogen and oxygen atoms in total. The Morgan fingerprint density at radius 1 is 1.38 bits per heavy atom. The molecule has 0 unspecified atom stereocenters. The molecule has 1 aromatic carbocycles. The Morgan fingerprint density at radius 2 is 2.06 bits per heavy atom. The van der Waals surface area contributed by atoms with Crippen LogP contribution in [0.2, 0.25) is 0 Å². The van der Waals surface area contributed by atoms with Gasteiger partial charge >= 0.3 is 0 Å². The van der Waals surface area contributed by atoms with Crippen molar-refractivity contribution in [1.82, 2.24) is 0 Å². The molecule has 1 aromatic rings. The first kappa shape index (κ1) is 12.6. The lowest BCUT2D eigenvalue weighted by Crippen LogP contribution is -2.38. The molecule has 2 N–H and O–H groups in total. The van der Waals surface area contributed by atoms with Crippen molar-refractivity contribution in [3.63, 3.8) is 0 Å². The SMILES string of the molecule is CCCCN(C(N)=NC)c1ccccc1C. The van der Waals surface area contributed by atoms with Crippen molar-refractivity contribution < 1.29 is 0 Å². The molecule has 0 heterocycles. The zero-order valence-electron chi connectivity index (χ0n) is 10.4. The molecular weight excluding hydrogens is 198 g/mol.